The van der Waals surface area contributed by atoms with E-state index in [0.717, 1.165) is 35.0 Å². The van der Waals surface area contributed by atoms with Gasteiger partial charge >= 0.3 is 17.9 Å². The van der Waals surface area contributed by atoms with E-state index in [1.807, 2.05) is 43.6 Å². The van der Waals surface area contributed by atoms with E-state index in [4.69, 9.17) is 28.1 Å². The SMILES string of the molecule is C=C(C)C(=O)OCCC[Si](C)(C)O[Si](C)(C)CCCOC(=O)CCC(=O)Oc1ccc2ccc3c(c2c1)N=CC1(O3)N(C)c2ccccc2C1(C)C. The molecule has 2 aliphatic heterocycles. The van der Waals surface area contributed by atoms with Gasteiger partial charge in [0.15, 0.2) is 16.6 Å². The number of fused-ring (bicyclic) bond motifs is 4. The Labute approximate surface area is 309 Å². The number of aliphatic imine (C=N–C) groups is 1. The van der Waals surface area contributed by atoms with Gasteiger partial charge in [-0.1, -0.05) is 36.9 Å². The Bertz CT molecular complexity index is 1890. The molecular weight excluding hydrogens is 693 g/mol. The molecule has 2 aliphatic rings. The van der Waals surface area contributed by atoms with Crippen LogP contribution in [-0.2, 0) is 33.4 Å². The maximum absolute atomic E-state index is 12.8. The number of rotatable bonds is 15. The summed E-state index contributed by atoms with van der Waals surface area (Å²) in [4.78, 5) is 43.9. The Morgan fingerprint density at radius 2 is 1.52 bits per heavy atom. The van der Waals surface area contributed by atoms with Gasteiger partial charge in [0.1, 0.15) is 17.2 Å². The Morgan fingerprint density at radius 3 is 2.19 bits per heavy atom. The highest BCUT2D eigenvalue weighted by molar-refractivity contribution is 6.84. The van der Waals surface area contributed by atoms with E-state index in [2.05, 4.69) is 63.6 Å². The number of hydrogen-bond donors (Lipinski definition) is 0. The highest BCUT2D eigenvalue weighted by atomic mass is 28.4. The quantitative estimate of drug-likeness (QED) is 0.0496. The van der Waals surface area contributed by atoms with E-state index in [9.17, 15) is 14.4 Å². The zero-order valence-electron chi connectivity index (χ0n) is 31.8. The van der Waals surface area contributed by atoms with Crippen LogP contribution in [0.3, 0.4) is 0 Å². The molecule has 52 heavy (non-hydrogen) atoms. The van der Waals surface area contributed by atoms with Crippen LogP contribution in [0.4, 0.5) is 11.4 Å². The lowest BCUT2D eigenvalue weighted by molar-refractivity contribution is -0.147. The number of likely N-dealkylation sites (N-methyl/N-ethyl adjacent to an activating group) is 1. The molecule has 1 atom stereocenters. The van der Waals surface area contributed by atoms with Crippen molar-refractivity contribution in [1.29, 1.82) is 0 Å². The molecule has 0 saturated heterocycles. The van der Waals surface area contributed by atoms with Crippen LogP contribution >= 0.6 is 0 Å². The first-order valence-corrected chi connectivity index (χ1v) is 24.2. The van der Waals surface area contributed by atoms with Crippen molar-refractivity contribution in [2.45, 2.75) is 95.9 Å². The predicted octanol–water partition coefficient (Wildman–Crippen LogP) is 8.61. The van der Waals surface area contributed by atoms with Crippen LogP contribution in [0.5, 0.6) is 11.5 Å². The second kappa shape index (κ2) is 15.4. The van der Waals surface area contributed by atoms with Crippen LogP contribution in [0.25, 0.3) is 10.8 Å². The van der Waals surface area contributed by atoms with Gasteiger partial charge in [0.25, 0.3) is 0 Å². The molecule has 0 amide bonds. The molecule has 0 aliphatic carbocycles. The summed E-state index contributed by atoms with van der Waals surface area (Å²) in [7, 11) is -1.92. The molecule has 278 valence electrons. The monoisotopic (exact) mass is 744 g/mol. The van der Waals surface area contributed by atoms with Crippen LogP contribution in [-0.4, -0.2) is 66.7 Å². The average molecular weight is 745 g/mol. The minimum Gasteiger partial charge on any atom is -0.466 e. The number of para-hydroxylation sites is 1. The second-order valence-corrected chi connectivity index (χ2v) is 24.3. The first kappa shape index (κ1) is 39.0. The van der Waals surface area contributed by atoms with Gasteiger partial charge in [-0.15, -0.1) is 0 Å². The van der Waals surface area contributed by atoms with Gasteiger partial charge in [-0.25, -0.2) is 4.79 Å². The molecule has 5 rings (SSSR count). The Balaban J connectivity index is 1.08. The summed E-state index contributed by atoms with van der Waals surface area (Å²) in [5, 5.41) is 1.74. The highest BCUT2D eigenvalue weighted by Gasteiger charge is 2.58. The molecule has 2 heterocycles. The van der Waals surface area contributed by atoms with E-state index in [0.29, 0.717) is 35.8 Å². The molecule has 1 unspecified atom stereocenters. The topological polar surface area (TPSA) is 113 Å². The number of benzene rings is 3. The minimum absolute atomic E-state index is 0.0685. The van der Waals surface area contributed by atoms with Crippen LogP contribution in [0, 0.1) is 0 Å². The molecule has 0 saturated carbocycles. The lowest BCUT2D eigenvalue weighted by Crippen LogP contribution is -2.61. The summed E-state index contributed by atoms with van der Waals surface area (Å²) in [6.45, 7) is 18.9. The van der Waals surface area contributed by atoms with Gasteiger partial charge in [-0.3, -0.25) is 14.6 Å². The van der Waals surface area contributed by atoms with Crippen molar-refractivity contribution in [2.24, 2.45) is 4.99 Å². The summed E-state index contributed by atoms with van der Waals surface area (Å²) in [5.41, 5.74) is 2.20. The molecule has 0 fully saturated rings. The lowest BCUT2D eigenvalue weighted by Gasteiger charge is -2.45. The van der Waals surface area contributed by atoms with Crippen molar-refractivity contribution in [1.82, 2.24) is 0 Å². The van der Waals surface area contributed by atoms with Crippen molar-refractivity contribution in [2.75, 3.05) is 25.2 Å². The zero-order chi connectivity index (χ0) is 37.9. The molecule has 0 bridgehead atoms. The predicted molar refractivity (Wildman–Crippen MR) is 210 cm³/mol. The summed E-state index contributed by atoms with van der Waals surface area (Å²) in [6.07, 6.45) is 3.16. The molecule has 1 spiro atoms. The van der Waals surface area contributed by atoms with Crippen molar-refractivity contribution in [3.63, 3.8) is 0 Å². The number of carbonyl (C=O) groups is 3. The maximum Gasteiger partial charge on any atom is 0.333 e. The molecule has 0 radical (unpaired) electrons. The Morgan fingerprint density at radius 1 is 0.885 bits per heavy atom. The van der Waals surface area contributed by atoms with Gasteiger partial charge in [-0.05, 0) is 107 Å². The Hall–Kier alpha value is -4.27. The van der Waals surface area contributed by atoms with Crippen molar-refractivity contribution in [3.05, 3.63) is 72.3 Å². The highest BCUT2D eigenvalue weighted by Crippen LogP contribution is 2.54. The molecule has 3 aromatic carbocycles. The summed E-state index contributed by atoms with van der Waals surface area (Å²) < 4.78 is 29.7. The van der Waals surface area contributed by atoms with E-state index in [-0.39, 0.29) is 30.8 Å². The van der Waals surface area contributed by atoms with Crippen LogP contribution in [0.1, 0.15) is 52.0 Å². The largest absolute Gasteiger partial charge is 0.466 e. The standard InChI is InChI=1S/C40H52N2O8Si2/c1-28(2)38(45)47-23-13-25-52(8,9)50-51(6,7)24-12-22-46-35(43)20-21-36(44)48-30-18-16-29-17-19-34-37(31(29)26-30)41-27-40(49-34)39(3,4)32-14-10-11-15-33(32)42(40)5/h10-11,14-19,26-27H,1,12-13,20-25H2,2-9H3. The normalized spacial score (nSPS) is 17.3. The molecule has 10 nitrogen and oxygen atoms in total. The number of nitrogens with zero attached hydrogens (tertiary/aromatic N) is 2. The number of carbonyl (C=O) groups excluding carboxylic acids is 3. The van der Waals surface area contributed by atoms with Gasteiger partial charge in [-0.2, -0.15) is 0 Å². The first-order chi connectivity index (χ1) is 24.4. The number of ether oxygens (including phenoxy) is 4. The van der Waals surface area contributed by atoms with E-state index in [1.54, 1.807) is 19.1 Å². The third-order valence-corrected chi connectivity index (χ3v) is 17.4. The van der Waals surface area contributed by atoms with E-state index in [1.165, 1.54) is 5.56 Å². The Kier molecular flexibility index (Phi) is 11.5. The van der Waals surface area contributed by atoms with E-state index >= 15 is 0 Å². The fraction of sp³-hybridized carbons (Fsp3) is 0.450. The maximum atomic E-state index is 12.8. The van der Waals surface area contributed by atoms with Crippen LogP contribution in [0.2, 0.25) is 38.3 Å². The summed E-state index contributed by atoms with van der Waals surface area (Å²) in [6, 6.07) is 19.4. The minimum atomic E-state index is -2.00. The second-order valence-electron chi connectivity index (χ2n) is 15.5. The third kappa shape index (κ3) is 8.50. The summed E-state index contributed by atoms with van der Waals surface area (Å²) >= 11 is 0. The van der Waals surface area contributed by atoms with Gasteiger partial charge < -0.3 is 28.0 Å². The van der Waals surface area contributed by atoms with Gasteiger partial charge in [0, 0.05) is 23.7 Å². The van der Waals surface area contributed by atoms with Crippen LogP contribution < -0.4 is 14.4 Å². The lowest BCUT2D eigenvalue weighted by atomic mass is 9.77. The molecule has 0 N–H and O–H groups in total. The fourth-order valence-corrected chi connectivity index (χ4v) is 16.0. The average Bonchev–Trinajstić information content (AvgIpc) is 3.24. The first-order valence-electron chi connectivity index (χ1n) is 18.0. The van der Waals surface area contributed by atoms with E-state index < -0.39 is 34.3 Å². The molecule has 0 aromatic heterocycles. The number of esters is 3. The number of hydrogen-bond acceptors (Lipinski definition) is 10. The van der Waals surface area contributed by atoms with Crippen LogP contribution in [0.15, 0.2) is 71.7 Å². The van der Waals surface area contributed by atoms with Crippen molar-refractivity contribution < 1.29 is 37.4 Å². The summed E-state index contributed by atoms with van der Waals surface area (Å²) in [5.74, 6) is -0.303. The van der Waals surface area contributed by atoms with Crippen molar-refractivity contribution >= 4 is 62.9 Å². The molecule has 3 aromatic rings. The van der Waals surface area contributed by atoms with Crippen molar-refractivity contribution in [3.8, 4) is 11.5 Å². The number of anilines is 1. The third-order valence-electron chi connectivity index (χ3n) is 9.90. The van der Waals surface area contributed by atoms with Gasteiger partial charge in [0.05, 0.1) is 37.7 Å². The fourth-order valence-electron chi connectivity index (χ4n) is 7.20. The molecular formula is C40H52N2O8Si2. The zero-order valence-corrected chi connectivity index (χ0v) is 33.8. The molecule has 12 heteroatoms. The smallest absolute Gasteiger partial charge is 0.333 e. The van der Waals surface area contributed by atoms with Gasteiger partial charge in [0.2, 0.25) is 5.72 Å².